The number of aliphatic hydroxyl groups excluding tert-OH is 1. The van der Waals surface area contributed by atoms with Crippen molar-refractivity contribution in [3.8, 4) is 0 Å². The number of halogens is 1. The first-order valence-electron chi connectivity index (χ1n) is 5.60. The number of nitrogens with two attached hydrogens (primary N) is 1. The molecule has 0 fully saturated rings. The van der Waals surface area contributed by atoms with Crippen molar-refractivity contribution in [1.82, 2.24) is 4.90 Å². The number of hydrogen-bond donors (Lipinski definition) is 3. The second-order valence-corrected chi connectivity index (χ2v) is 4.23. The fraction of sp³-hybridized carbons (Fsp3) is 0.417. The second-order valence-electron chi connectivity index (χ2n) is 4.23. The van der Waals surface area contributed by atoms with Crippen molar-refractivity contribution in [1.29, 1.82) is 0 Å². The Hall–Kier alpha value is -1.66. The van der Waals surface area contributed by atoms with E-state index in [0.717, 1.165) is 0 Å². The van der Waals surface area contributed by atoms with Crippen LogP contribution in [0.25, 0.3) is 0 Å². The van der Waals surface area contributed by atoms with Gasteiger partial charge in [0.2, 0.25) is 5.91 Å². The molecule has 6 heteroatoms. The highest BCUT2D eigenvalue weighted by Gasteiger charge is 2.12. The quantitative estimate of drug-likeness (QED) is 0.675. The number of hydrogen-bond acceptors (Lipinski definition) is 4. The minimum Gasteiger partial charge on any atom is -0.396 e. The SMILES string of the molecule is CC(CO)N(C)CC(=O)Nc1ccc(F)c(N)c1. The van der Waals surface area contributed by atoms with Crippen LogP contribution in [-0.2, 0) is 4.79 Å². The Kier molecular flexibility index (Phi) is 5.06. The molecule has 0 radical (unpaired) electrons. The van der Waals surface area contributed by atoms with Crippen LogP contribution in [0.1, 0.15) is 6.92 Å². The van der Waals surface area contributed by atoms with E-state index in [4.69, 9.17) is 10.8 Å². The number of nitrogens with one attached hydrogen (secondary N) is 1. The topological polar surface area (TPSA) is 78.6 Å². The van der Waals surface area contributed by atoms with Crippen LogP contribution in [0.2, 0.25) is 0 Å². The molecule has 0 aliphatic rings. The Bertz CT molecular complexity index is 426. The molecule has 0 saturated carbocycles. The maximum absolute atomic E-state index is 12.9. The lowest BCUT2D eigenvalue weighted by atomic mass is 10.2. The number of nitrogen functional groups attached to an aromatic ring is 1. The van der Waals surface area contributed by atoms with E-state index in [0.29, 0.717) is 5.69 Å². The summed E-state index contributed by atoms with van der Waals surface area (Å²) < 4.78 is 12.9. The van der Waals surface area contributed by atoms with Gasteiger partial charge in [-0.15, -0.1) is 0 Å². The first-order valence-corrected chi connectivity index (χ1v) is 5.60. The van der Waals surface area contributed by atoms with Crippen LogP contribution in [0.3, 0.4) is 0 Å². The largest absolute Gasteiger partial charge is 0.396 e. The lowest BCUT2D eigenvalue weighted by molar-refractivity contribution is -0.117. The van der Waals surface area contributed by atoms with E-state index < -0.39 is 5.82 Å². The maximum atomic E-state index is 12.9. The fourth-order valence-corrected chi connectivity index (χ4v) is 1.34. The van der Waals surface area contributed by atoms with E-state index >= 15 is 0 Å². The third-order valence-electron chi connectivity index (χ3n) is 2.69. The van der Waals surface area contributed by atoms with E-state index in [1.54, 1.807) is 11.9 Å². The van der Waals surface area contributed by atoms with Crippen molar-refractivity contribution >= 4 is 17.3 Å². The number of rotatable bonds is 5. The molecule has 1 rings (SSSR count). The first-order chi connectivity index (χ1) is 8.43. The molecule has 0 aliphatic heterocycles. The molecular weight excluding hydrogens is 237 g/mol. The van der Waals surface area contributed by atoms with Gasteiger partial charge < -0.3 is 16.2 Å². The zero-order valence-corrected chi connectivity index (χ0v) is 10.5. The van der Waals surface area contributed by atoms with Crippen molar-refractivity contribution in [3.05, 3.63) is 24.0 Å². The minimum absolute atomic E-state index is 0.00937. The summed E-state index contributed by atoms with van der Waals surface area (Å²) in [4.78, 5) is 13.4. The molecule has 18 heavy (non-hydrogen) atoms. The van der Waals surface area contributed by atoms with Crippen molar-refractivity contribution in [2.24, 2.45) is 0 Å². The molecule has 0 aromatic heterocycles. The number of carbonyl (C=O) groups is 1. The summed E-state index contributed by atoms with van der Waals surface area (Å²) in [7, 11) is 1.74. The molecule has 0 heterocycles. The Labute approximate surface area is 105 Å². The number of benzene rings is 1. The average Bonchev–Trinajstić information content (AvgIpc) is 2.32. The standard InChI is InChI=1S/C12H18FN3O2/c1-8(7-17)16(2)6-12(18)15-9-3-4-10(13)11(14)5-9/h3-5,8,17H,6-7,14H2,1-2H3,(H,15,18). The Morgan fingerprint density at radius 2 is 2.28 bits per heavy atom. The Morgan fingerprint density at radius 3 is 2.83 bits per heavy atom. The summed E-state index contributed by atoms with van der Waals surface area (Å²) in [6.45, 7) is 1.93. The van der Waals surface area contributed by atoms with Gasteiger partial charge in [0.05, 0.1) is 18.8 Å². The van der Waals surface area contributed by atoms with Crippen LogP contribution < -0.4 is 11.1 Å². The lowest BCUT2D eigenvalue weighted by Crippen LogP contribution is -2.38. The molecule has 0 spiro atoms. The molecule has 1 amide bonds. The van der Waals surface area contributed by atoms with Gasteiger partial charge in [-0.05, 0) is 32.2 Å². The zero-order valence-electron chi connectivity index (χ0n) is 10.5. The lowest BCUT2D eigenvalue weighted by Gasteiger charge is -2.21. The van der Waals surface area contributed by atoms with Gasteiger partial charge in [-0.1, -0.05) is 0 Å². The van der Waals surface area contributed by atoms with Crippen molar-refractivity contribution in [2.45, 2.75) is 13.0 Å². The van der Waals surface area contributed by atoms with Crippen molar-refractivity contribution in [2.75, 3.05) is 31.2 Å². The van der Waals surface area contributed by atoms with E-state index in [9.17, 15) is 9.18 Å². The van der Waals surface area contributed by atoms with Gasteiger partial charge in [-0.2, -0.15) is 0 Å². The fourth-order valence-electron chi connectivity index (χ4n) is 1.34. The van der Waals surface area contributed by atoms with Gasteiger partial charge in [0.1, 0.15) is 5.82 Å². The third-order valence-corrected chi connectivity index (χ3v) is 2.69. The van der Waals surface area contributed by atoms with Crippen molar-refractivity contribution < 1.29 is 14.3 Å². The highest BCUT2D eigenvalue weighted by Crippen LogP contribution is 2.16. The summed E-state index contributed by atoms with van der Waals surface area (Å²) in [6, 6.07) is 3.90. The number of amides is 1. The number of nitrogens with zero attached hydrogens (tertiary/aromatic N) is 1. The zero-order chi connectivity index (χ0) is 13.7. The molecule has 1 unspecified atom stereocenters. The molecule has 1 aromatic rings. The van der Waals surface area contributed by atoms with Gasteiger partial charge in [0.15, 0.2) is 0 Å². The highest BCUT2D eigenvalue weighted by atomic mass is 19.1. The van der Waals surface area contributed by atoms with Gasteiger partial charge in [-0.25, -0.2) is 4.39 Å². The smallest absolute Gasteiger partial charge is 0.238 e. The van der Waals surface area contributed by atoms with Gasteiger partial charge in [0.25, 0.3) is 0 Å². The highest BCUT2D eigenvalue weighted by molar-refractivity contribution is 5.92. The van der Waals surface area contributed by atoms with Crippen LogP contribution in [-0.4, -0.2) is 42.2 Å². The average molecular weight is 255 g/mol. The number of aliphatic hydroxyl groups is 1. The van der Waals surface area contributed by atoms with Crippen molar-refractivity contribution in [3.63, 3.8) is 0 Å². The summed E-state index contributed by atoms with van der Waals surface area (Å²) in [6.07, 6.45) is 0. The molecule has 4 N–H and O–H groups in total. The monoisotopic (exact) mass is 255 g/mol. The van der Waals surface area contributed by atoms with E-state index in [2.05, 4.69) is 5.32 Å². The van der Waals surface area contributed by atoms with Crippen LogP contribution in [0, 0.1) is 5.82 Å². The molecule has 0 saturated heterocycles. The van der Waals surface area contributed by atoms with E-state index in [1.807, 2.05) is 6.92 Å². The second kappa shape index (κ2) is 6.32. The number of anilines is 2. The van der Waals surface area contributed by atoms with Gasteiger partial charge in [0, 0.05) is 11.7 Å². The van der Waals surface area contributed by atoms with Crippen LogP contribution in [0.15, 0.2) is 18.2 Å². The van der Waals surface area contributed by atoms with Gasteiger partial charge in [-0.3, -0.25) is 9.69 Å². The Balaban J connectivity index is 2.57. The van der Waals surface area contributed by atoms with Crippen LogP contribution >= 0.6 is 0 Å². The summed E-state index contributed by atoms with van der Waals surface area (Å²) >= 11 is 0. The first kappa shape index (κ1) is 14.4. The maximum Gasteiger partial charge on any atom is 0.238 e. The molecule has 0 bridgehead atoms. The molecule has 5 nitrogen and oxygen atoms in total. The van der Waals surface area contributed by atoms with E-state index in [-0.39, 0.29) is 30.8 Å². The number of carbonyl (C=O) groups excluding carboxylic acids is 1. The van der Waals surface area contributed by atoms with Crippen LogP contribution in [0.5, 0.6) is 0 Å². The predicted molar refractivity (Wildman–Crippen MR) is 68.6 cm³/mol. The van der Waals surface area contributed by atoms with Crippen LogP contribution in [0.4, 0.5) is 15.8 Å². The summed E-state index contributed by atoms with van der Waals surface area (Å²) in [5.41, 5.74) is 5.84. The molecular formula is C12H18FN3O2. The molecule has 0 aliphatic carbocycles. The summed E-state index contributed by atoms with van der Waals surface area (Å²) in [5, 5.41) is 11.6. The van der Waals surface area contributed by atoms with Gasteiger partial charge >= 0.3 is 0 Å². The molecule has 1 aromatic carbocycles. The predicted octanol–water partition coefficient (Wildman–Crippen LogP) is 0.659. The number of likely N-dealkylation sites (N-methyl/N-ethyl adjacent to an activating group) is 1. The third kappa shape index (κ3) is 3.97. The Morgan fingerprint density at radius 1 is 1.61 bits per heavy atom. The normalized spacial score (nSPS) is 12.5. The minimum atomic E-state index is -0.515. The summed E-state index contributed by atoms with van der Waals surface area (Å²) in [5.74, 6) is -0.761. The molecule has 100 valence electrons. The van der Waals surface area contributed by atoms with E-state index in [1.165, 1.54) is 18.2 Å². The molecule has 1 atom stereocenters.